The Labute approximate surface area is 82.2 Å². The maximum absolute atomic E-state index is 11.7. The second-order valence-corrected chi connectivity index (χ2v) is 3.73. The van der Waals surface area contributed by atoms with Crippen LogP contribution in [0.2, 0.25) is 0 Å². The van der Waals surface area contributed by atoms with E-state index in [4.69, 9.17) is 4.74 Å². The molecule has 78 valence electrons. The molecule has 0 aliphatic carbocycles. The van der Waals surface area contributed by atoms with Crippen molar-refractivity contribution >= 4 is 11.9 Å². The van der Waals surface area contributed by atoms with E-state index in [2.05, 4.69) is 10.6 Å². The van der Waals surface area contributed by atoms with E-state index in [-0.39, 0.29) is 12.0 Å². The molecule has 0 aromatic rings. The van der Waals surface area contributed by atoms with Crippen molar-refractivity contribution in [3.8, 4) is 0 Å². The first-order valence-electron chi connectivity index (χ1n) is 4.94. The van der Waals surface area contributed by atoms with Crippen LogP contribution >= 0.6 is 0 Å². The fraction of sp³-hybridized carbons (Fsp3) is 0.778. The van der Waals surface area contributed by atoms with Crippen LogP contribution in [0.1, 0.15) is 26.2 Å². The molecule has 0 saturated carbocycles. The summed E-state index contributed by atoms with van der Waals surface area (Å²) in [7, 11) is 0. The second kappa shape index (κ2) is 3.24. The molecule has 2 saturated heterocycles. The lowest BCUT2D eigenvalue weighted by atomic mass is 9.88. The third kappa shape index (κ3) is 1.19. The van der Waals surface area contributed by atoms with Crippen LogP contribution in [0.15, 0.2) is 0 Å². The third-order valence-electron chi connectivity index (χ3n) is 3.01. The fourth-order valence-corrected chi connectivity index (χ4v) is 2.17. The van der Waals surface area contributed by atoms with E-state index in [9.17, 15) is 9.59 Å². The van der Waals surface area contributed by atoms with E-state index >= 15 is 0 Å². The summed E-state index contributed by atoms with van der Waals surface area (Å²) in [5, 5.41) is 4.95. The predicted octanol–water partition coefficient (Wildman–Crippen LogP) is 0.154. The molecule has 5 heteroatoms. The number of carbonyl (C=O) groups excluding carboxylic acids is 2. The first-order valence-corrected chi connectivity index (χ1v) is 4.94. The summed E-state index contributed by atoms with van der Waals surface area (Å²) in [6.45, 7) is 2.56. The van der Waals surface area contributed by atoms with Gasteiger partial charge in [-0.05, 0) is 19.3 Å². The van der Waals surface area contributed by atoms with Crippen LogP contribution in [-0.4, -0.2) is 30.2 Å². The number of imide groups is 1. The van der Waals surface area contributed by atoms with Crippen LogP contribution in [0.25, 0.3) is 0 Å². The molecule has 0 radical (unpaired) electrons. The molecule has 2 atom stereocenters. The number of rotatable bonds is 2. The molecule has 2 aliphatic rings. The van der Waals surface area contributed by atoms with Crippen molar-refractivity contribution in [2.75, 3.05) is 6.61 Å². The molecule has 0 spiro atoms. The summed E-state index contributed by atoms with van der Waals surface area (Å²) >= 11 is 0. The van der Waals surface area contributed by atoms with Gasteiger partial charge in [0.05, 0.1) is 6.10 Å². The third-order valence-corrected chi connectivity index (χ3v) is 3.01. The molecule has 2 aliphatic heterocycles. The van der Waals surface area contributed by atoms with Gasteiger partial charge in [-0.1, -0.05) is 6.92 Å². The smallest absolute Gasteiger partial charge is 0.322 e. The van der Waals surface area contributed by atoms with Crippen LogP contribution in [0.5, 0.6) is 0 Å². The molecule has 2 fully saturated rings. The number of amides is 3. The van der Waals surface area contributed by atoms with E-state index < -0.39 is 11.6 Å². The highest BCUT2D eigenvalue weighted by Gasteiger charge is 2.52. The van der Waals surface area contributed by atoms with Crippen LogP contribution in [-0.2, 0) is 9.53 Å². The lowest BCUT2D eigenvalue weighted by molar-refractivity contribution is -0.128. The summed E-state index contributed by atoms with van der Waals surface area (Å²) < 4.78 is 5.47. The average Bonchev–Trinajstić information content (AvgIpc) is 2.73. The fourth-order valence-electron chi connectivity index (χ4n) is 2.17. The van der Waals surface area contributed by atoms with E-state index in [0.717, 1.165) is 12.8 Å². The zero-order chi connectivity index (χ0) is 10.2. The van der Waals surface area contributed by atoms with Crippen molar-refractivity contribution in [1.82, 2.24) is 10.6 Å². The highest BCUT2D eigenvalue weighted by molar-refractivity contribution is 6.07. The first kappa shape index (κ1) is 9.45. The second-order valence-electron chi connectivity index (χ2n) is 3.73. The van der Waals surface area contributed by atoms with E-state index in [0.29, 0.717) is 13.0 Å². The molecule has 0 bridgehead atoms. The average molecular weight is 198 g/mol. The van der Waals surface area contributed by atoms with Gasteiger partial charge in [0.15, 0.2) is 0 Å². The minimum atomic E-state index is -0.826. The van der Waals surface area contributed by atoms with E-state index in [1.54, 1.807) is 0 Å². The van der Waals surface area contributed by atoms with Gasteiger partial charge in [0.2, 0.25) is 0 Å². The normalized spacial score (nSPS) is 37.1. The predicted molar refractivity (Wildman–Crippen MR) is 48.7 cm³/mol. The number of carbonyl (C=O) groups is 2. The van der Waals surface area contributed by atoms with E-state index in [1.165, 1.54) is 0 Å². The van der Waals surface area contributed by atoms with Crippen molar-refractivity contribution < 1.29 is 14.3 Å². The standard InChI is InChI=1S/C9H14N2O3/c1-2-9(6-4-3-5-14-6)7(12)10-8(13)11-9/h6H,2-5H2,1H3,(H2,10,11,12,13). The van der Waals surface area contributed by atoms with Gasteiger partial charge < -0.3 is 10.1 Å². The van der Waals surface area contributed by atoms with Crippen LogP contribution < -0.4 is 10.6 Å². The van der Waals surface area contributed by atoms with Crippen molar-refractivity contribution in [2.45, 2.75) is 37.8 Å². The Balaban J connectivity index is 2.24. The molecular formula is C9H14N2O3. The zero-order valence-corrected chi connectivity index (χ0v) is 8.13. The van der Waals surface area contributed by atoms with Gasteiger partial charge in [-0.3, -0.25) is 10.1 Å². The van der Waals surface area contributed by atoms with Gasteiger partial charge in [-0.15, -0.1) is 0 Å². The quantitative estimate of drug-likeness (QED) is 0.621. The zero-order valence-electron chi connectivity index (χ0n) is 8.13. The molecule has 2 heterocycles. The Morgan fingerprint density at radius 3 is 2.79 bits per heavy atom. The molecular weight excluding hydrogens is 184 g/mol. The summed E-state index contributed by atoms with van der Waals surface area (Å²) in [5.74, 6) is -0.253. The number of nitrogens with one attached hydrogen (secondary N) is 2. The SMILES string of the molecule is CCC1(C2CCCO2)NC(=O)NC1=O. The Morgan fingerprint density at radius 1 is 1.57 bits per heavy atom. The van der Waals surface area contributed by atoms with E-state index in [1.807, 2.05) is 6.92 Å². The number of hydrogen-bond donors (Lipinski definition) is 2. The van der Waals surface area contributed by atoms with Gasteiger partial charge in [0.1, 0.15) is 5.54 Å². The Kier molecular flexibility index (Phi) is 2.19. The maximum Gasteiger partial charge on any atom is 0.322 e. The summed E-state index contributed by atoms with van der Waals surface area (Å²) in [6, 6.07) is -0.410. The molecule has 2 rings (SSSR count). The number of ether oxygens (including phenoxy) is 1. The molecule has 0 aromatic heterocycles. The van der Waals surface area contributed by atoms with Gasteiger partial charge in [-0.25, -0.2) is 4.79 Å². The molecule has 2 unspecified atom stereocenters. The minimum absolute atomic E-state index is 0.168. The number of urea groups is 1. The lowest BCUT2D eigenvalue weighted by Gasteiger charge is -2.30. The largest absolute Gasteiger partial charge is 0.375 e. The minimum Gasteiger partial charge on any atom is -0.375 e. The molecule has 2 N–H and O–H groups in total. The van der Waals surface area contributed by atoms with Gasteiger partial charge in [-0.2, -0.15) is 0 Å². The maximum atomic E-state index is 11.7. The van der Waals surface area contributed by atoms with Gasteiger partial charge in [0, 0.05) is 6.61 Å². The van der Waals surface area contributed by atoms with Crippen molar-refractivity contribution in [3.05, 3.63) is 0 Å². The highest BCUT2D eigenvalue weighted by Crippen LogP contribution is 2.29. The monoisotopic (exact) mass is 198 g/mol. The van der Waals surface area contributed by atoms with Crippen LogP contribution in [0.3, 0.4) is 0 Å². The molecule has 3 amide bonds. The summed E-state index contributed by atoms with van der Waals surface area (Å²) in [4.78, 5) is 22.7. The molecule has 5 nitrogen and oxygen atoms in total. The van der Waals surface area contributed by atoms with Crippen LogP contribution in [0.4, 0.5) is 4.79 Å². The van der Waals surface area contributed by atoms with Gasteiger partial charge in [0.25, 0.3) is 5.91 Å². The van der Waals surface area contributed by atoms with Crippen molar-refractivity contribution in [3.63, 3.8) is 0 Å². The Morgan fingerprint density at radius 2 is 2.36 bits per heavy atom. The highest BCUT2D eigenvalue weighted by atomic mass is 16.5. The summed E-state index contributed by atoms with van der Waals surface area (Å²) in [6.07, 6.45) is 2.19. The molecule has 0 aromatic carbocycles. The number of hydrogen-bond acceptors (Lipinski definition) is 3. The summed E-state index contributed by atoms with van der Waals surface area (Å²) in [5.41, 5.74) is -0.826. The van der Waals surface area contributed by atoms with Gasteiger partial charge >= 0.3 is 6.03 Å². The Hall–Kier alpha value is -1.10. The lowest BCUT2D eigenvalue weighted by Crippen LogP contribution is -2.55. The Bertz CT molecular complexity index is 273. The van der Waals surface area contributed by atoms with Crippen molar-refractivity contribution in [1.29, 1.82) is 0 Å². The topological polar surface area (TPSA) is 67.4 Å². The van der Waals surface area contributed by atoms with Crippen molar-refractivity contribution in [2.24, 2.45) is 0 Å². The molecule has 14 heavy (non-hydrogen) atoms. The van der Waals surface area contributed by atoms with Crippen LogP contribution in [0, 0.1) is 0 Å². The first-order chi connectivity index (χ1) is 6.69.